The summed E-state index contributed by atoms with van der Waals surface area (Å²) in [4.78, 5) is 28.6. The summed E-state index contributed by atoms with van der Waals surface area (Å²) in [6.45, 7) is 0. The van der Waals surface area contributed by atoms with E-state index in [0.717, 1.165) is 12.0 Å². The highest BCUT2D eigenvalue weighted by atomic mass is 32.1. The molecule has 1 heterocycles. The predicted molar refractivity (Wildman–Crippen MR) is 97.8 cm³/mol. The number of carbonyl (C=O) groups excluding carboxylic acids is 2. The van der Waals surface area contributed by atoms with Crippen molar-refractivity contribution < 1.29 is 14.3 Å². The molecule has 0 aliphatic heterocycles. The number of hydrogen-bond donors (Lipinski definition) is 1. The molecule has 0 spiro atoms. The molecule has 1 N–H and O–H groups in total. The SMILES string of the molecule is COC(=O)c1ccc([C@@H](CC2CCCC2)C(=O)Nc2nccs2)cc1. The van der Waals surface area contributed by atoms with Gasteiger partial charge in [-0.15, -0.1) is 11.3 Å². The van der Waals surface area contributed by atoms with Gasteiger partial charge >= 0.3 is 5.97 Å². The zero-order valence-electron chi connectivity index (χ0n) is 14.2. The number of nitrogens with zero attached hydrogens (tertiary/aromatic N) is 1. The first-order chi connectivity index (χ1) is 12.2. The average molecular weight is 358 g/mol. The van der Waals surface area contributed by atoms with E-state index in [1.807, 2.05) is 17.5 Å². The number of carbonyl (C=O) groups is 2. The van der Waals surface area contributed by atoms with Crippen LogP contribution in [-0.2, 0) is 9.53 Å². The van der Waals surface area contributed by atoms with Gasteiger partial charge in [-0.2, -0.15) is 0 Å². The molecule has 3 rings (SSSR count). The Morgan fingerprint density at radius 1 is 1.28 bits per heavy atom. The fourth-order valence-electron chi connectivity index (χ4n) is 3.42. The van der Waals surface area contributed by atoms with Crippen molar-refractivity contribution in [2.45, 2.75) is 38.0 Å². The van der Waals surface area contributed by atoms with E-state index in [4.69, 9.17) is 4.74 Å². The quantitative estimate of drug-likeness (QED) is 0.785. The van der Waals surface area contributed by atoms with Crippen molar-refractivity contribution in [1.29, 1.82) is 0 Å². The Morgan fingerprint density at radius 3 is 2.60 bits per heavy atom. The van der Waals surface area contributed by atoms with Crippen LogP contribution in [0.3, 0.4) is 0 Å². The van der Waals surface area contributed by atoms with Gasteiger partial charge in [0, 0.05) is 11.6 Å². The fourth-order valence-corrected chi connectivity index (χ4v) is 3.95. The largest absolute Gasteiger partial charge is 0.465 e. The maximum Gasteiger partial charge on any atom is 0.337 e. The van der Waals surface area contributed by atoms with Gasteiger partial charge in [-0.05, 0) is 30.0 Å². The van der Waals surface area contributed by atoms with E-state index in [-0.39, 0.29) is 17.8 Å². The Hall–Kier alpha value is -2.21. The topological polar surface area (TPSA) is 68.3 Å². The third kappa shape index (κ3) is 4.45. The lowest BCUT2D eigenvalue weighted by molar-refractivity contribution is -0.118. The fraction of sp³-hybridized carbons (Fsp3) is 0.421. The molecule has 1 atom stereocenters. The van der Waals surface area contributed by atoms with E-state index in [1.54, 1.807) is 18.3 Å². The highest BCUT2D eigenvalue weighted by Crippen LogP contribution is 2.35. The number of benzene rings is 1. The number of rotatable bonds is 6. The summed E-state index contributed by atoms with van der Waals surface area (Å²) in [5.41, 5.74) is 1.42. The minimum atomic E-state index is -0.369. The lowest BCUT2D eigenvalue weighted by Crippen LogP contribution is -2.23. The molecule has 1 aliphatic carbocycles. The standard InChI is InChI=1S/C19H22N2O3S/c1-24-18(23)15-8-6-14(7-9-15)16(12-13-4-2-3-5-13)17(22)21-19-20-10-11-25-19/h6-11,13,16H,2-5,12H2,1H3,(H,20,21,22)/t16-/m1/s1. The van der Waals surface area contributed by atoms with E-state index >= 15 is 0 Å². The van der Waals surface area contributed by atoms with Gasteiger partial charge in [-0.25, -0.2) is 9.78 Å². The smallest absolute Gasteiger partial charge is 0.337 e. The highest BCUT2D eigenvalue weighted by Gasteiger charge is 2.27. The van der Waals surface area contributed by atoms with Gasteiger partial charge in [0.25, 0.3) is 0 Å². The van der Waals surface area contributed by atoms with Crippen LogP contribution in [0.25, 0.3) is 0 Å². The molecule has 1 aromatic heterocycles. The number of thiazole rings is 1. The van der Waals surface area contributed by atoms with Crippen LogP contribution in [0.4, 0.5) is 5.13 Å². The number of methoxy groups -OCH3 is 1. The molecule has 1 amide bonds. The van der Waals surface area contributed by atoms with E-state index in [0.29, 0.717) is 16.6 Å². The van der Waals surface area contributed by atoms with Crippen molar-refractivity contribution in [1.82, 2.24) is 4.98 Å². The van der Waals surface area contributed by atoms with Crippen molar-refractivity contribution in [3.05, 3.63) is 47.0 Å². The third-order valence-electron chi connectivity index (χ3n) is 4.76. The number of aromatic nitrogens is 1. The predicted octanol–water partition coefficient (Wildman–Crippen LogP) is 4.23. The first kappa shape index (κ1) is 17.6. The van der Waals surface area contributed by atoms with Crippen LogP contribution >= 0.6 is 11.3 Å². The molecular weight excluding hydrogens is 336 g/mol. The first-order valence-corrected chi connectivity index (χ1v) is 9.44. The number of nitrogens with one attached hydrogen (secondary N) is 1. The zero-order chi connectivity index (χ0) is 17.6. The van der Waals surface area contributed by atoms with Crippen LogP contribution in [0.15, 0.2) is 35.8 Å². The molecule has 6 heteroatoms. The van der Waals surface area contributed by atoms with Gasteiger partial charge in [-0.1, -0.05) is 37.8 Å². The second kappa shape index (κ2) is 8.25. The molecule has 2 aromatic rings. The van der Waals surface area contributed by atoms with Gasteiger partial charge in [0.15, 0.2) is 5.13 Å². The molecule has 132 valence electrons. The van der Waals surface area contributed by atoms with Gasteiger partial charge in [-0.3, -0.25) is 4.79 Å². The zero-order valence-corrected chi connectivity index (χ0v) is 15.1. The second-order valence-electron chi connectivity index (χ2n) is 6.38. The molecule has 0 unspecified atom stereocenters. The molecule has 25 heavy (non-hydrogen) atoms. The van der Waals surface area contributed by atoms with Crippen molar-refractivity contribution in [2.75, 3.05) is 12.4 Å². The van der Waals surface area contributed by atoms with E-state index in [2.05, 4.69) is 10.3 Å². The van der Waals surface area contributed by atoms with Gasteiger partial charge < -0.3 is 10.1 Å². The summed E-state index contributed by atoms with van der Waals surface area (Å²) in [6, 6.07) is 7.15. The second-order valence-corrected chi connectivity index (χ2v) is 7.27. The van der Waals surface area contributed by atoms with Crippen molar-refractivity contribution in [3.63, 3.8) is 0 Å². The summed E-state index contributed by atoms with van der Waals surface area (Å²) in [5.74, 6) is -0.0650. The van der Waals surface area contributed by atoms with Crippen molar-refractivity contribution in [2.24, 2.45) is 5.92 Å². The number of hydrogen-bond acceptors (Lipinski definition) is 5. The lowest BCUT2D eigenvalue weighted by atomic mass is 9.87. The summed E-state index contributed by atoms with van der Waals surface area (Å²) in [5, 5.41) is 5.38. The Labute approximate surface area is 151 Å². The molecular formula is C19H22N2O3S. The van der Waals surface area contributed by atoms with Crippen LogP contribution in [0.1, 0.15) is 53.9 Å². The van der Waals surface area contributed by atoms with Gasteiger partial charge in [0.05, 0.1) is 18.6 Å². The summed E-state index contributed by atoms with van der Waals surface area (Å²) >= 11 is 1.41. The number of esters is 1. The lowest BCUT2D eigenvalue weighted by Gasteiger charge is -2.20. The number of amides is 1. The highest BCUT2D eigenvalue weighted by molar-refractivity contribution is 7.13. The summed E-state index contributed by atoms with van der Waals surface area (Å²) in [6.07, 6.45) is 7.36. The Bertz CT molecular complexity index is 707. The average Bonchev–Trinajstić information content (AvgIpc) is 3.33. The molecule has 0 saturated heterocycles. The normalized spacial score (nSPS) is 15.7. The van der Waals surface area contributed by atoms with E-state index < -0.39 is 0 Å². The first-order valence-electron chi connectivity index (χ1n) is 8.56. The third-order valence-corrected chi connectivity index (χ3v) is 5.45. The Morgan fingerprint density at radius 2 is 2.00 bits per heavy atom. The van der Waals surface area contributed by atoms with Crippen LogP contribution in [0.2, 0.25) is 0 Å². The number of anilines is 1. The molecule has 0 radical (unpaired) electrons. The van der Waals surface area contributed by atoms with Crippen LogP contribution in [-0.4, -0.2) is 24.0 Å². The summed E-state index contributed by atoms with van der Waals surface area (Å²) in [7, 11) is 1.36. The Balaban J connectivity index is 1.79. The maximum atomic E-state index is 12.8. The molecule has 1 aromatic carbocycles. The molecule has 1 aliphatic rings. The van der Waals surface area contributed by atoms with Crippen molar-refractivity contribution >= 4 is 28.3 Å². The maximum absolute atomic E-state index is 12.8. The van der Waals surface area contributed by atoms with E-state index in [1.165, 1.54) is 44.1 Å². The minimum absolute atomic E-state index is 0.0346. The molecule has 1 fully saturated rings. The van der Waals surface area contributed by atoms with Crippen LogP contribution in [0.5, 0.6) is 0 Å². The summed E-state index contributed by atoms with van der Waals surface area (Å²) < 4.78 is 4.74. The van der Waals surface area contributed by atoms with E-state index in [9.17, 15) is 9.59 Å². The molecule has 1 saturated carbocycles. The van der Waals surface area contributed by atoms with Crippen LogP contribution in [0, 0.1) is 5.92 Å². The molecule has 5 nitrogen and oxygen atoms in total. The monoisotopic (exact) mass is 358 g/mol. The van der Waals surface area contributed by atoms with Gasteiger partial charge in [0.1, 0.15) is 0 Å². The minimum Gasteiger partial charge on any atom is -0.465 e. The van der Waals surface area contributed by atoms with Gasteiger partial charge in [0.2, 0.25) is 5.91 Å². The molecule has 0 bridgehead atoms. The van der Waals surface area contributed by atoms with Crippen LogP contribution < -0.4 is 5.32 Å². The van der Waals surface area contributed by atoms with Crippen molar-refractivity contribution in [3.8, 4) is 0 Å². The Kier molecular flexibility index (Phi) is 5.81. The number of ether oxygens (including phenoxy) is 1.